The van der Waals surface area contributed by atoms with Crippen LogP contribution in [-0.4, -0.2) is 16.5 Å². The van der Waals surface area contributed by atoms with Crippen LogP contribution >= 0.6 is 0 Å². The molecule has 0 heterocycles. The van der Waals surface area contributed by atoms with Crippen molar-refractivity contribution in [2.75, 3.05) is 0 Å². The molecule has 0 radical (unpaired) electrons. The first-order valence-corrected chi connectivity index (χ1v) is 6.22. The Morgan fingerprint density at radius 3 is 2.43 bits per heavy atom. The van der Waals surface area contributed by atoms with Crippen LogP contribution in [0.3, 0.4) is 0 Å². The van der Waals surface area contributed by atoms with Crippen LogP contribution in [0.1, 0.15) is 22.8 Å². The molecule has 0 aliphatic rings. The average Bonchev–Trinajstić information content (AvgIpc) is 2.53. The van der Waals surface area contributed by atoms with Gasteiger partial charge in [-0.2, -0.15) is 5.10 Å². The zero-order valence-corrected chi connectivity index (χ0v) is 11.3. The lowest BCUT2D eigenvalue weighted by Crippen LogP contribution is -2.19. The molecule has 2 rings (SSSR count). The van der Waals surface area contributed by atoms with Crippen LogP contribution in [0.25, 0.3) is 0 Å². The first-order chi connectivity index (χ1) is 10.1. The van der Waals surface area contributed by atoms with Gasteiger partial charge in [0.1, 0.15) is 0 Å². The molecule has 6 heteroatoms. The zero-order chi connectivity index (χ0) is 15.2. The average molecular weight is 283 g/mol. The van der Waals surface area contributed by atoms with Crippen LogP contribution in [-0.2, 0) is 0 Å². The molecule has 0 bridgehead atoms. The Bertz CT molecular complexity index is 696. The summed E-state index contributed by atoms with van der Waals surface area (Å²) in [6.45, 7) is 1.77. The fourth-order valence-electron chi connectivity index (χ4n) is 1.70. The molecule has 0 fully saturated rings. The number of hydrogen-bond acceptors (Lipinski definition) is 4. The molecule has 1 amide bonds. The van der Waals surface area contributed by atoms with Gasteiger partial charge in [0.15, 0.2) is 0 Å². The van der Waals surface area contributed by atoms with E-state index in [4.69, 9.17) is 0 Å². The molecule has 0 aliphatic carbocycles. The maximum absolute atomic E-state index is 11.9. The highest BCUT2D eigenvalue weighted by Crippen LogP contribution is 2.12. The van der Waals surface area contributed by atoms with Crippen molar-refractivity contribution in [1.29, 1.82) is 0 Å². The summed E-state index contributed by atoms with van der Waals surface area (Å²) in [6, 6.07) is 14.9. The van der Waals surface area contributed by atoms with Gasteiger partial charge >= 0.3 is 0 Å². The zero-order valence-electron chi connectivity index (χ0n) is 11.3. The van der Waals surface area contributed by atoms with Gasteiger partial charge in [-0.3, -0.25) is 14.9 Å². The molecule has 0 unspecified atom stereocenters. The third-order valence-electron chi connectivity index (χ3n) is 2.84. The van der Waals surface area contributed by atoms with Gasteiger partial charge in [-0.25, -0.2) is 5.43 Å². The molecule has 0 saturated heterocycles. The Morgan fingerprint density at radius 1 is 1.10 bits per heavy atom. The van der Waals surface area contributed by atoms with Crippen molar-refractivity contribution in [3.8, 4) is 0 Å². The number of nitrogens with one attached hydrogen (secondary N) is 1. The maximum Gasteiger partial charge on any atom is 0.271 e. The number of nitro groups is 1. The van der Waals surface area contributed by atoms with E-state index >= 15 is 0 Å². The number of carbonyl (C=O) groups excluding carboxylic acids is 1. The molecule has 0 saturated carbocycles. The van der Waals surface area contributed by atoms with E-state index in [9.17, 15) is 14.9 Å². The summed E-state index contributed by atoms with van der Waals surface area (Å²) in [7, 11) is 0. The summed E-state index contributed by atoms with van der Waals surface area (Å²) in [5, 5.41) is 14.7. The number of hydrogen-bond donors (Lipinski definition) is 1. The van der Waals surface area contributed by atoms with Gasteiger partial charge in [0, 0.05) is 17.7 Å². The van der Waals surface area contributed by atoms with Crippen LogP contribution in [0.5, 0.6) is 0 Å². The second-order valence-electron chi connectivity index (χ2n) is 4.31. The third kappa shape index (κ3) is 3.73. The van der Waals surface area contributed by atoms with E-state index in [-0.39, 0.29) is 11.3 Å². The second-order valence-corrected chi connectivity index (χ2v) is 4.31. The van der Waals surface area contributed by atoms with Gasteiger partial charge in [-0.15, -0.1) is 0 Å². The first kappa shape index (κ1) is 14.4. The van der Waals surface area contributed by atoms with Crippen molar-refractivity contribution in [2.24, 2.45) is 5.10 Å². The summed E-state index contributed by atoms with van der Waals surface area (Å²) in [6.07, 6.45) is 0. The molecule has 0 aromatic heterocycles. The number of carbonyl (C=O) groups is 1. The van der Waals surface area contributed by atoms with E-state index in [0.29, 0.717) is 5.71 Å². The molecule has 2 aromatic carbocycles. The van der Waals surface area contributed by atoms with Crippen molar-refractivity contribution in [3.05, 3.63) is 75.8 Å². The van der Waals surface area contributed by atoms with E-state index in [1.807, 2.05) is 30.3 Å². The molecular formula is C15H13N3O3. The highest BCUT2D eigenvalue weighted by molar-refractivity contribution is 6.00. The minimum Gasteiger partial charge on any atom is -0.267 e. The van der Waals surface area contributed by atoms with Crippen molar-refractivity contribution < 1.29 is 9.72 Å². The Balaban J connectivity index is 2.12. The summed E-state index contributed by atoms with van der Waals surface area (Å²) in [4.78, 5) is 22.0. The quantitative estimate of drug-likeness (QED) is 0.532. The van der Waals surface area contributed by atoms with Crippen LogP contribution < -0.4 is 5.43 Å². The molecule has 21 heavy (non-hydrogen) atoms. The highest BCUT2D eigenvalue weighted by Gasteiger charge is 2.10. The summed E-state index contributed by atoms with van der Waals surface area (Å²) < 4.78 is 0. The SMILES string of the molecule is C/C(=N/NC(=O)c1cccc([N+](=O)[O-])c1)c1ccccc1. The molecule has 0 spiro atoms. The second kappa shape index (κ2) is 6.42. The van der Waals surface area contributed by atoms with Crippen molar-refractivity contribution >= 4 is 17.3 Å². The van der Waals surface area contributed by atoms with Gasteiger partial charge in [0.25, 0.3) is 11.6 Å². The number of hydrazone groups is 1. The standard InChI is InChI=1S/C15H13N3O3/c1-11(12-6-3-2-4-7-12)16-17-15(19)13-8-5-9-14(10-13)18(20)21/h2-10H,1H3,(H,17,19)/b16-11-. The first-order valence-electron chi connectivity index (χ1n) is 6.22. The maximum atomic E-state index is 11.9. The number of amides is 1. The topological polar surface area (TPSA) is 84.6 Å². The molecule has 0 aliphatic heterocycles. The lowest BCUT2D eigenvalue weighted by atomic mass is 10.1. The number of rotatable bonds is 4. The minimum absolute atomic E-state index is 0.133. The monoisotopic (exact) mass is 283 g/mol. The predicted molar refractivity (Wildman–Crippen MR) is 79.2 cm³/mol. The predicted octanol–water partition coefficient (Wildman–Crippen LogP) is 2.75. The fourth-order valence-corrected chi connectivity index (χ4v) is 1.70. The number of nitrogens with zero attached hydrogens (tertiary/aromatic N) is 2. The third-order valence-corrected chi connectivity index (χ3v) is 2.84. The Kier molecular flexibility index (Phi) is 4.40. The van der Waals surface area contributed by atoms with Crippen molar-refractivity contribution in [2.45, 2.75) is 6.92 Å². The lowest BCUT2D eigenvalue weighted by Gasteiger charge is -2.03. The van der Waals surface area contributed by atoms with E-state index in [1.165, 1.54) is 24.3 Å². The molecule has 1 N–H and O–H groups in total. The van der Waals surface area contributed by atoms with E-state index in [0.717, 1.165) is 5.56 Å². The number of benzene rings is 2. The van der Waals surface area contributed by atoms with Crippen LogP contribution in [0.4, 0.5) is 5.69 Å². The van der Waals surface area contributed by atoms with E-state index in [1.54, 1.807) is 6.92 Å². The van der Waals surface area contributed by atoms with Gasteiger partial charge < -0.3 is 0 Å². The number of non-ortho nitro benzene ring substituents is 1. The van der Waals surface area contributed by atoms with Gasteiger partial charge in [-0.1, -0.05) is 36.4 Å². The van der Waals surface area contributed by atoms with Gasteiger partial charge in [0.05, 0.1) is 10.6 Å². The molecule has 106 valence electrons. The smallest absolute Gasteiger partial charge is 0.267 e. The highest BCUT2D eigenvalue weighted by atomic mass is 16.6. The number of nitro benzene ring substituents is 1. The Labute approximate surface area is 121 Å². The van der Waals surface area contributed by atoms with Gasteiger partial charge in [0.2, 0.25) is 0 Å². The molecule has 2 aromatic rings. The Hall–Kier alpha value is -3.02. The lowest BCUT2D eigenvalue weighted by molar-refractivity contribution is -0.384. The van der Waals surface area contributed by atoms with E-state index < -0.39 is 10.8 Å². The van der Waals surface area contributed by atoms with Crippen LogP contribution in [0.15, 0.2) is 59.7 Å². The summed E-state index contributed by atoms with van der Waals surface area (Å²) in [5.74, 6) is -0.492. The Morgan fingerprint density at radius 2 is 1.76 bits per heavy atom. The summed E-state index contributed by atoms with van der Waals surface area (Å²) >= 11 is 0. The normalized spacial score (nSPS) is 11.0. The van der Waals surface area contributed by atoms with Crippen LogP contribution in [0, 0.1) is 10.1 Å². The minimum atomic E-state index is -0.546. The van der Waals surface area contributed by atoms with E-state index in [2.05, 4.69) is 10.5 Å². The van der Waals surface area contributed by atoms with Crippen molar-refractivity contribution in [3.63, 3.8) is 0 Å². The van der Waals surface area contributed by atoms with Crippen LogP contribution in [0.2, 0.25) is 0 Å². The molecular weight excluding hydrogens is 270 g/mol. The fraction of sp³-hybridized carbons (Fsp3) is 0.0667. The largest absolute Gasteiger partial charge is 0.271 e. The summed E-state index contributed by atoms with van der Waals surface area (Å²) in [5.41, 5.74) is 3.98. The molecule has 0 atom stereocenters. The molecule has 6 nitrogen and oxygen atoms in total. The van der Waals surface area contributed by atoms with Gasteiger partial charge in [-0.05, 0) is 18.6 Å². The van der Waals surface area contributed by atoms with Crippen molar-refractivity contribution in [1.82, 2.24) is 5.43 Å².